The van der Waals surface area contributed by atoms with Crippen molar-refractivity contribution in [3.63, 3.8) is 0 Å². The van der Waals surface area contributed by atoms with Crippen LogP contribution in [0.4, 0.5) is 0 Å². The quantitative estimate of drug-likeness (QED) is 0.776. The monoisotopic (exact) mass is 242 g/mol. The van der Waals surface area contributed by atoms with Crippen molar-refractivity contribution in [2.45, 2.75) is 27.2 Å². The molecule has 0 aliphatic heterocycles. The SMILES string of the molecule is Cc1cc(C)c(CC(=O)c2ccnn2C)c(C)c1. The Morgan fingerprint density at radius 3 is 2.33 bits per heavy atom. The predicted octanol–water partition coefficient (Wildman–Crippen LogP) is 2.77. The van der Waals surface area contributed by atoms with Crippen LogP contribution in [0.2, 0.25) is 0 Å². The van der Waals surface area contributed by atoms with Crippen LogP contribution in [0, 0.1) is 20.8 Å². The minimum atomic E-state index is 0.116. The van der Waals surface area contributed by atoms with Crippen LogP contribution in [-0.4, -0.2) is 15.6 Å². The standard InChI is InChI=1S/C15H18N2O/c1-10-7-11(2)13(12(3)8-10)9-15(18)14-5-6-16-17(14)4/h5-8H,9H2,1-4H3. The Kier molecular flexibility index (Phi) is 3.32. The molecule has 3 nitrogen and oxygen atoms in total. The molecule has 0 saturated heterocycles. The fourth-order valence-corrected chi connectivity index (χ4v) is 2.39. The topological polar surface area (TPSA) is 34.9 Å². The number of benzene rings is 1. The average Bonchev–Trinajstić information content (AvgIpc) is 2.69. The first-order valence-electron chi connectivity index (χ1n) is 6.07. The van der Waals surface area contributed by atoms with E-state index < -0.39 is 0 Å². The molecule has 0 radical (unpaired) electrons. The highest BCUT2D eigenvalue weighted by atomic mass is 16.1. The number of Topliss-reactive ketones (excluding diaryl/α,β-unsaturated/α-hetero) is 1. The van der Waals surface area contributed by atoms with Gasteiger partial charge in [0.15, 0.2) is 5.78 Å². The Hall–Kier alpha value is -1.90. The van der Waals surface area contributed by atoms with Crippen LogP contribution in [0.5, 0.6) is 0 Å². The Morgan fingerprint density at radius 2 is 1.83 bits per heavy atom. The lowest BCUT2D eigenvalue weighted by atomic mass is 9.95. The maximum Gasteiger partial charge on any atom is 0.185 e. The largest absolute Gasteiger partial charge is 0.292 e. The number of aryl methyl sites for hydroxylation is 4. The normalized spacial score (nSPS) is 10.7. The summed E-state index contributed by atoms with van der Waals surface area (Å²) in [6, 6.07) is 6.01. The van der Waals surface area contributed by atoms with E-state index in [1.165, 1.54) is 16.7 Å². The minimum Gasteiger partial charge on any atom is -0.292 e. The average molecular weight is 242 g/mol. The summed E-state index contributed by atoms with van der Waals surface area (Å²) in [4.78, 5) is 12.2. The lowest BCUT2D eigenvalue weighted by Crippen LogP contribution is -2.11. The molecular formula is C15H18N2O. The number of hydrogen-bond acceptors (Lipinski definition) is 2. The molecule has 0 bridgehead atoms. The Morgan fingerprint density at radius 1 is 1.22 bits per heavy atom. The van der Waals surface area contributed by atoms with Gasteiger partial charge in [0.05, 0.1) is 0 Å². The first kappa shape index (κ1) is 12.6. The second-order valence-corrected chi connectivity index (χ2v) is 4.82. The second kappa shape index (κ2) is 4.77. The first-order chi connectivity index (χ1) is 8.49. The summed E-state index contributed by atoms with van der Waals surface area (Å²) in [7, 11) is 1.79. The summed E-state index contributed by atoms with van der Waals surface area (Å²) in [6.07, 6.45) is 2.10. The van der Waals surface area contributed by atoms with E-state index in [4.69, 9.17) is 0 Å². The third-order valence-electron chi connectivity index (χ3n) is 3.28. The lowest BCUT2D eigenvalue weighted by Gasteiger charge is -2.10. The van der Waals surface area contributed by atoms with Gasteiger partial charge in [-0.15, -0.1) is 0 Å². The molecule has 0 aliphatic rings. The second-order valence-electron chi connectivity index (χ2n) is 4.82. The molecule has 94 valence electrons. The van der Waals surface area contributed by atoms with Gasteiger partial charge in [-0.1, -0.05) is 17.7 Å². The van der Waals surface area contributed by atoms with Gasteiger partial charge in [0, 0.05) is 19.7 Å². The smallest absolute Gasteiger partial charge is 0.185 e. The van der Waals surface area contributed by atoms with Crippen molar-refractivity contribution in [2.24, 2.45) is 7.05 Å². The number of rotatable bonds is 3. The lowest BCUT2D eigenvalue weighted by molar-refractivity contribution is 0.0983. The third kappa shape index (κ3) is 2.35. The van der Waals surface area contributed by atoms with Crippen molar-refractivity contribution in [1.29, 1.82) is 0 Å². The zero-order valence-corrected chi connectivity index (χ0v) is 11.3. The molecule has 0 spiro atoms. The fourth-order valence-electron chi connectivity index (χ4n) is 2.39. The summed E-state index contributed by atoms with van der Waals surface area (Å²) in [6.45, 7) is 6.20. The minimum absolute atomic E-state index is 0.116. The van der Waals surface area contributed by atoms with Gasteiger partial charge in [-0.3, -0.25) is 9.48 Å². The molecule has 1 aromatic heterocycles. The van der Waals surface area contributed by atoms with Crippen molar-refractivity contribution < 1.29 is 4.79 Å². The highest BCUT2D eigenvalue weighted by Gasteiger charge is 2.13. The van der Waals surface area contributed by atoms with Gasteiger partial charge in [0.1, 0.15) is 5.69 Å². The molecule has 1 heterocycles. The van der Waals surface area contributed by atoms with Gasteiger partial charge in [-0.2, -0.15) is 5.10 Å². The number of carbonyl (C=O) groups is 1. The highest BCUT2D eigenvalue weighted by molar-refractivity contribution is 5.96. The van der Waals surface area contributed by atoms with Gasteiger partial charge in [0.25, 0.3) is 0 Å². The van der Waals surface area contributed by atoms with E-state index in [0.717, 1.165) is 5.56 Å². The van der Waals surface area contributed by atoms with Crippen molar-refractivity contribution in [3.05, 3.63) is 52.3 Å². The van der Waals surface area contributed by atoms with E-state index >= 15 is 0 Å². The number of carbonyl (C=O) groups excluding carboxylic acids is 1. The van der Waals surface area contributed by atoms with Gasteiger partial charge in [-0.05, 0) is 43.5 Å². The van der Waals surface area contributed by atoms with Crippen LogP contribution < -0.4 is 0 Å². The van der Waals surface area contributed by atoms with Crippen LogP contribution in [0.25, 0.3) is 0 Å². The zero-order chi connectivity index (χ0) is 13.3. The van der Waals surface area contributed by atoms with Crippen molar-refractivity contribution in [2.75, 3.05) is 0 Å². The molecule has 0 amide bonds. The fraction of sp³-hybridized carbons (Fsp3) is 0.333. The third-order valence-corrected chi connectivity index (χ3v) is 3.28. The number of hydrogen-bond donors (Lipinski definition) is 0. The molecule has 0 saturated carbocycles. The van der Waals surface area contributed by atoms with Gasteiger partial charge < -0.3 is 0 Å². The van der Waals surface area contributed by atoms with Gasteiger partial charge >= 0.3 is 0 Å². The molecule has 3 heteroatoms. The maximum absolute atomic E-state index is 12.2. The van der Waals surface area contributed by atoms with E-state index in [1.54, 1.807) is 24.0 Å². The van der Waals surface area contributed by atoms with E-state index in [-0.39, 0.29) is 5.78 Å². The van der Waals surface area contributed by atoms with Crippen LogP contribution in [-0.2, 0) is 13.5 Å². The van der Waals surface area contributed by atoms with Gasteiger partial charge in [0.2, 0.25) is 0 Å². The van der Waals surface area contributed by atoms with Gasteiger partial charge in [-0.25, -0.2) is 0 Å². The molecule has 0 fully saturated rings. The van der Waals surface area contributed by atoms with Crippen LogP contribution in [0.15, 0.2) is 24.4 Å². The molecule has 0 atom stereocenters. The van der Waals surface area contributed by atoms with Crippen LogP contribution in [0.1, 0.15) is 32.7 Å². The van der Waals surface area contributed by atoms with Crippen molar-refractivity contribution in [3.8, 4) is 0 Å². The number of ketones is 1. The summed E-state index contributed by atoms with van der Waals surface area (Å²) in [5.74, 6) is 0.116. The van der Waals surface area contributed by atoms with E-state index in [1.807, 2.05) is 0 Å². The molecule has 18 heavy (non-hydrogen) atoms. The Balaban J connectivity index is 2.31. The molecule has 2 rings (SSSR count). The summed E-state index contributed by atoms with van der Waals surface area (Å²) in [5.41, 5.74) is 5.40. The first-order valence-corrected chi connectivity index (χ1v) is 6.07. The van der Waals surface area contributed by atoms with E-state index in [2.05, 4.69) is 38.0 Å². The molecule has 0 N–H and O–H groups in total. The maximum atomic E-state index is 12.2. The van der Waals surface area contributed by atoms with Crippen LogP contribution >= 0.6 is 0 Å². The molecule has 0 unspecified atom stereocenters. The highest BCUT2D eigenvalue weighted by Crippen LogP contribution is 2.18. The Bertz CT molecular complexity index is 573. The summed E-state index contributed by atoms with van der Waals surface area (Å²) < 4.78 is 1.63. The van der Waals surface area contributed by atoms with Crippen molar-refractivity contribution in [1.82, 2.24) is 9.78 Å². The molecular weight excluding hydrogens is 224 g/mol. The Labute approximate surface area is 107 Å². The number of aromatic nitrogens is 2. The zero-order valence-electron chi connectivity index (χ0n) is 11.3. The van der Waals surface area contributed by atoms with Crippen LogP contribution in [0.3, 0.4) is 0 Å². The number of nitrogens with zero attached hydrogens (tertiary/aromatic N) is 2. The van der Waals surface area contributed by atoms with Crippen molar-refractivity contribution >= 4 is 5.78 Å². The molecule has 0 aliphatic carbocycles. The van der Waals surface area contributed by atoms with E-state index in [9.17, 15) is 4.79 Å². The molecule has 1 aromatic carbocycles. The molecule has 2 aromatic rings. The summed E-state index contributed by atoms with van der Waals surface area (Å²) in [5, 5.41) is 4.03. The van der Waals surface area contributed by atoms with E-state index in [0.29, 0.717) is 12.1 Å². The predicted molar refractivity (Wildman–Crippen MR) is 71.9 cm³/mol. The summed E-state index contributed by atoms with van der Waals surface area (Å²) >= 11 is 0.